The largest absolute Gasteiger partial charge is 0.494 e. The molecular weight excluding hydrogens is 228 g/mol. The third-order valence-electron chi connectivity index (χ3n) is 3.47. The molecule has 1 fully saturated rings. The number of nitrogen functional groups attached to an aromatic ring is 1. The minimum absolute atomic E-state index is 0.256. The van der Waals surface area contributed by atoms with E-state index in [0.717, 1.165) is 30.2 Å². The summed E-state index contributed by atoms with van der Waals surface area (Å²) in [4.78, 5) is 2.23. The number of ether oxygens (including phenoxy) is 2. The standard InChI is InChI=1S/C14H22N2O2/c1-4-17-13-8-11(15)7-12(9-13)16(3)14-5-6-18-10(14)2/h7-10,14H,4-6,15H2,1-3H3. The van der Waals surface area contributed by atoms with Gasteiger partial charge in [-0.15, -0.1) is 0 Å². The molecule has 4 heteroatoms. The third kappa shape index (κ3) is 2.70. The van der Waals surface area contributed by atoms with Gasteiger partial charge in [0, 0.05) is 37.2 Å². The summed E-state index contributed by atoms with van der Waals surface area (Å²) in [6.45, 7) is 5.57. The zero-order valence-corrected chi connectivity index (χ0v) is 11.3. The first-order chi connectivity index (χ1) is 8.61. The minimum atomic E-state index is 0.256. The normalized spacial score (nSPS) is 23.1. The molecule has 1 aliphatic rings. The molecule has 2 unspecified atom stereocenters. The first kappa shape index (κ1) is 13.0. The summed E-state index contributed by atoms with van der Waals surface area (Å²) >= 11 is 0. The van der Waals surface area contributed by atoms with Gasteiger partial charge in [-0.2, -0.15) is 0 Å². The number of benzene rings is 1. The molecule has 0 aliphatic carbocycles. The first-order valence-electron chi connectivity index (χ1n) is 6.49. The molecule has 4 nitrogen and oxygen atoms in total. The van der Waals surface area contributed by atoms with E-state index in [0.29, 0.717) is 12.6 Å². The van der Waals surface area contributed by atoms with Gasteiger partial charge < -0.3 is 20.1 Å². The summed E-state index contributed by atoms with van der Waals surface area (Å²) in [6.07, 6.45) is 1.31. The van der Waals surface area contributed by atoms with E-state index in [4.69, 9.17) is 15.2 Å². The van der Waals surface area contributed by atoms with Crippen molar-refractivity contribution in [3.8, 4) is 5.75 Å². The van der Waals surface area contributed by atoms with Crippen LogP contribution in [0.3, 0.4) is 0 Å². The molecule has 0 amide bonds. The van der Waals surface area contributed by atoms with E-state index in [1.807, 2.05) is 25.1 Å². The Morgan fingerprint density at radius 3 is 2.83 bits per heavy atom. The molecule has 1 heterocycles. The van der Waals surface area contributed by atoms with Crippen molar-refractivity contribution in [3.63, 3.8) is 0 Å². The van der Waals surface area contributed by atoms with Crippen molar-refractivity contribution in [1.82, 2.24) is 0 Å². The maximum atomic E-state index is 5.92. The van der Waals surface area contributed by atoms with Crippen molar-refractivity contribution in [1.29, 1.82) is 0 Å². The molecule has 1 aromatic carbocycles. The summed E-state index contributed by atoms with van der Waals surface area (Å²) in [5.41, 5.74) is 7.74. The number of anilines is 2. The first-order valence-corrected chi connectivity index (χ1v) is 6.49. The van der Waals surface area contributed by atoms with Crippen LogP contribution in [0.2, 0.25) is 0 Å². The van der Waals surface area contributed by atoms with Crippen molar-refractivity contribution in [2.24, 2.45) is 0 Å². The average Bonchev–Trinajstić information content (AvgIpc) is 2.74. The highest BCUT2D eigenvalue weighted by atomic mass is 16.5. The molecule has 0 bridgehead atoms. The van der Waals surface area contributed by atoms with Crippen LogP contribution in [0.5, 0.6) is 5.75 Å². The molecule has 1 saturated heterocycles. The van der Waals surface area contributed by atoms with Gasteiger partial charge in [-0.25, -0.2) is 0 Å². The van der Waals surface area contributed by atoms with Crippen molar-refractivity contribution >= 4 is 11.4 Å². The molecule has 0 aromatic heterocycles. The maximum Gasteiger partial charge on any atom is 0.123 e. The Kier molecular flexibility index (Phi) is 3.97. The number of nitrogens with two attached hydrogens (primary N) is 1. The fourth-order valence-electron chi connectivity index (χ4n) is 2.48. The SMILES string of the molecule is CCOc1cc(N)cc(N(C)C2CCOC2C)c1. The van der Waals surface area contributed by atoms with E-state index < -0.39 is 0 Å². The van der Waals surface area contributed by atoms with E-state index in [1.165, 1.54) is 0 Å². The molecule has 1 aromatic rings. The predicted octanol–water partition coefficient (Wildman–Crippen LogP) is 2.28. The summed E-state index contributed by atoms with van der Waals surface area (Å²) in [5.74, 6) is 0.825. The molecule has 0 spiro atoms. The molecule has 1 aliphatic heterocycles. The molecule has 0 saturated carbocycles. The van der Waals surface area contributed by atoms with Crippen LogP contribution in [0.4, 0.5) is 11.4 Å². The van der Waals surface area contributed by atoms with Crippen LogP contribution in [-0.2, 0) is 4.74 Å². The molecule has 0 radical (unpaired) electrons. The zero-order chi connectivity index (χ0) is 13.1. The van der Waals surface area contributed by atoms with Gasteiger partial charge in [-0.1, -0.05) is 0 Å². The number of likely N-dealkylation sites (N-methyl/N-ethyl adjacent to an activating group) is 1. The van der Waals surface area contributed by atoms with Gasteiger partial charge in [-0.05, 0) is 26.3 Å². The lowest BCUT2D eigenvalue weighted by atomic mass is 10.1. The van der Waals surface area contributed by atoms with E-state index >= 15 is 0 Å². The van der Waals surface area contributed by atoms with Crippen LogP contribution in [0, 0.1) is 0 Å². The van der Waals surface area contributed by atoms with Gasteiger partial charge in [0.15, 0.2) is 0 Å². The van der Waals surface area contributed by atoms with E-state index in [-0.39, 0.29) is 6.10 Å². The maximum absolute atomic E-state index is 5.92. The molecular formula is C14H22N2O2. The Morgan fingerprint density at radius 2 is 2.22 bits per heavy atom. The monoisotopic (exact) mass is 250 g/mol. The van der Waals surface area contributed by atoms with Crippen LogP contribution >= 0.6 is 0 Å². The van der Waals surface area contributed by atoms with Gasteiger partial charge in [0.2, 0.25) is 0 Å². The average molecular weight is 250 g/mol. The van der Waals surface area contributed by atoms with Crippen LogP contribution in [0.25, 0.3) is 0 Å². The van der Waals surface area contributed by atoms with Crippen molar-refractivity contribution < 1.29 is 9.47 Å². The lowest BCUT2D eigenvalue weighted by Gasteiger charge is -2.29. The Morgan fingerprint density at radius 1 is 1.44 bits per heavy atom. The van der Waals surface area contributed by atoms with Crippen molar-refractivity contribution in [2.75, 3.05) is 30.9 Å². The quantitative estimate of drug-likeness (QED) is 0.833. The van der Waals surface area contributed by atoms with Crippen LogP contribution < -0.4 is 15.4 Å². The summed E-state index contributed by atoms with van der Waals surface area (Å²) in [5, 5.41) is 0. The highest BCUT2D eigenvalue weighted by Gasteiger charge is 2.28. The molecule has 18 heavy (non-hydrogen) atoms. The van der Waals surface area contributed by atoms with Crippen molar-refractivity contribution in [2.45, 2.75) is 32.4 Å². The molecule has 2 rings (SSSR count). The number of hydrogen-bond donors (Lipinski definition) is 1. The topological polar surface area (TPSA) is 47.7 Å². The number of nitrogens with zero attached hydrogens (tertiary/aromatic N) is 1. The highest BCUT2D eigenvalue weighted by Crippen LogP contribution is 2.29. The van der Waals surface area contributed by atoms with Gasteiger partial charge in [-0.3, -0.25) is 0 Å². The van der Waals surface area contributed by atoms with E-state index in [1.54, 1.807) is 0 Å². The zero-order valence-electron chi connectivity index (χ0n) is 11.3. The van der Waals surface area contributed by atoms with Crippen LogP contribution in [-0.4, -0.2) is 32.4 Å². The van der Waals surface area contributed by atoms with Crippen molar-refractivity contribution in [3.05, 3.63) is 18.2 Å². The molecule has 2 N–H and O–H groups in total. The Labute approximate surface area is 109 Å². The second-order valence-electron chi connectivity index (χ2n) is 4.74. The van der Waals surface area contributed by atoms with E-state index in [9.17, 15) is 0 Å². The summed E-state index contributed by atoms with van der Waals surface area (Å²) in [6, 6.07) is 6.27. The third-order valence-corrected chi connectivity index (χ3v) is 3.47. The summed E-state index contributed by atoms with van der Waals surface area (Å²) < 4.78 is 11.1. The number of hydrogen-bond acceptors (Lipinski definition) is 4. The van der Waals surface area contributed by atoms with Gasteiger partial charge in [0.05, 0.1) is 18.8 Å². The fourth-order valence-corrected chi connectivity index (χ4v) is 2.48. The van der Waals surface area contributed by atoms with Crippen LogP contribution in [0.1, 0.15) is 20.3 Å². The Hall–Kier alpha value is -1.42. The smallest absolute Gasteiger partial charge is 0.123 e. The lowest BCUT2D eigenvalue weighted by molar-refractivity contribution is 0.118. The lowest BCUT2D eigenvalue weighted by Crippen LogP contribution is -2.36. The molecule has 100 valence electrons. The van der Waals surface area contributed by atoms with Gasteiger partial charge in [0.25, 0.3) is 0 Å². The highest BCUT2D eigenvalue weighted by molar-refractivity contribution is 5.60. The minimum Gasteiger partial charge on any atom is -0.494 e. The Bertz CT molecular complexity index is 409. The fraction of sp³-hybridized carbons (Fsp3) is 0.571. The second kappa shape index (κ2) is 5.48. The van der Waals surface area contributed by atoms with E-state index in [2.05, 4.69) is 18.9 Å². The molecule has 2 atom stereocenters. The van der Waals surface area contributed by atoms with Crippen LogP contribution in [0.15, 0.2) is 18.2 Å². The Balaban J connectivity index is 2.21. The summed E-state index contributed by atoms with van der Waals surface area (Å²) in [7, 11) is 2.08. The van der Waals surface area contributed by atoms with Gasteiger partial charge in [0.1, 0.15) is 5.75 Å². The van der Waals surface area contributed by atoms with Gasteiger partial charge >= 0.3 is 0 Å². The predicted molar refractivity (Wildman–Crippen MR) is 74.2 cm³/mol. The second-order valence-corrected chi connectivity index (χ2v) is 4.74. The number of rotatable bonds is 4.